The SMILES string of the molecule is CCOCCOc1ccc(C(=O)Nc2ccc(S(=O)(=O)Nc3ccc(OC)cc3)cc2)cc1. The van der Waals surface area contributed by atoms with E-state index in [4.69, 9.17) is 14.2 Å². The van der Waals surface area contributed by atoms with Crippen LogP contribution in [0, 0.1) is 0 Å². The van der Waals surface area contributed by atoms with Gasteiger partial charge in [-0.25, -0.2) is 8.42 Å². The fourth-order valence-electron chi connectivity index (χ4n) is 2.86. The van der Waals surface area contributed by atoms with Gasteiger partial charge in [0.05, 0.1) is 18.6 Å². The first-order valence-electron chi connectivity index (χ1n) is 10.3. The number of rotatable bonds is 11. The molecule has 0 fully saturated rings. The molecule has 9 heteroatoms. The van der Waals surface area contributed by atoms with E-state index in [0.717, 1.165) is 0 Å². The average Bonchev–Trinajstić information content (AvgIpc) is 2.83. The summed E-state index contributed by atoms with van der Waals surface area (Å²) in [6, 6.07) is 19.2. The minimum absolute atomic E-state index is 0.0740. The summed E-state index contributed by atoms with van der Waals surface area (Å²) in [5, 5.41) is 2.75. The number of ether oxygens (including phenoxy) is 3. The third-order valence-electron chi connectivity index (χ3n) is 4.58. The molecule has 0 aromatic heterocycles. The Kier molecular flexibility index (Phi) is 8.28. The third-order valence-corrected chi connectivity index (χ3v) is 5.98. The van der Waals surface area contributed by atoms with Crippen LogP contribution in [0.25, 0.3) is 0 Å². The van der Waals surface area contributed by atoms with Gasteiger partial charge < -0.3 is 19.5 Å². The molecule has 174 valence electrons. The zero-order valence-corrected chi connectivity index (χ0v) is 19.2. The number of methoxy groups -OCH3 is 1. The highest BCUT2D eigenvalue weighted by Crippen LogP contribution is 2.21. The zero-order valence-electron chi connectivity index (χ0n) is 18.4. The average molecular weight is 471 g/mol. The Morgan fingerprint density at radius 3 is 2.03 bits per heavy atom. The first-order chi connectivity index (χ1) is 15.9. The van der Waals surface area contributed by atoms with E-state index in [1.54, 1.807) is 48.5 Å². The quantitative estimate of drug-likeness (QED) is 0.408. The lowest BCUT2D eigenvalue weighted by atomic mass is 10.2. The Morgan fingerprint density at radius 2 is 1.42 bits per heavy atom. The molecule has 0 radical (unpaired) electrons. The molecule has 2 N–H and O–H groups in total. The molecule has 0 aliphatic rings. The van der Waals surface area contributed by atoms with Gasteiger partial charge in [-0.2, -0.15) is 0 Å². The second kappa shape index (κ2) is 11.3. The number of hydrogen-bond donors (Lipinski definition) is 2. The van der Waals surface area contributed by atoms with Gasteiger partial charge in [-0.1, -0.05) is 0 Å². The van der Waals surface area contributed by atoms with Crippen LogP contribution in [0.15, 0.2) is 77.7 Å². The molecule has 0 saturated carbocycles. The fraction of sp³-hybridized carbons (Fsp3) is 0.208. The minimum atomic E-state index is -3.77. The maximum atomic E-state index is 12.6. The molecule has 33 heavy (non-hydrogen) atoms. The Labute approximate surface area is 193 Å². The van der Waals surface area contributed by atoms with Crippen LogP contribution in [0.1, 0.15) is 17.3 Å². The smallest absolute Gasteiger partial charge is 0.261 e. The van der Waals surface area contributed by atoms with E-state index >= 15 is 0 Å². The molecule has 0 aliphatic carbocycles. The highest BCUT2D eigenvalue weighted by atomic mass is 32.2. The molecule has 0 saturated heterocycles. The number of amides is 1. The molecule has 0 aliphatic heterocycles. The molecular weight excluding hydrogens is 444 g/mol. The summed E-state index contributed by atoms with van der Waals surface area (Å²) in [5.74, 6) is 0.954. The summed E-state index contributed by atoms with van der Waals surface area (Å²) < 4.78 is 43.5. The van der Waals surface area contributed by atoms with Crippen LogP contribution in [0.5, 0.6) is 11.5 Å². The third kappa shape index (κ3) is 6.96. The van der Waals surface area contributed by atoms with Gasteiger partial charge in [0.2, 0.25) is 0 Å². The summed E-state index contributed by atoms with van der Waals surface area (Å²) >= 11 is 0. The summed E-state index contributed by atoms with van der Waals surface area (Å²) in [7, 11) is -2.24. The number of hydrogen-bond acceptors (Lipinski definition) is 6. The standard InChI is InChI=1S/C24H26N2O6S/c1-3-31-16-17-32-22-10-4-18(5-11-22)24(27)25-19-8-14-23(15-9-19)33(28,29)26-20-6-12-21(30-2)13-7-20/h4-15,26H,3,16-17H2,1-2H3,(H,25,27). The minimum Gasteiger partial charge on any atom is -0.497 e. The molecule has 0 bridgehead atoms. The largest absolute Gasteiger partial charge is 0.497 e. The molecular formula is C24H26N2O6S. The van der Waals surface area contributed by atoms with Crippen molar-refractivity contribution in [3.8, 4) is 11.5 Å². The molecule has 3 aromatic carbocycles. The summed E-state index contributed by atoms with van der Waals surface area (Å²) in [4.78, 5) is 12.6. The molecule has 0 unspecified atom stereocenters. The normalized spacial score (nSPS) is 11.0. The second-order valence-corrected chi connectivity index (χ2v) is 8.56. The Balaban J connectivity index is 1.58. The van der Waals surface area contributed by atoms with Crippen molar-refractivity contribution < 1.29 is 27.4 Å². The van der Waals surface area contributed by atoms with E-state index in [1.165, 1.54) is 31.4 Å². The predicted molar refractivity (Wildman–Crippen MR) is 127 cm³/mol. The zero-order chi connectivity index (χ0) is 23.7. The molecule has 0 atom stereocenters. The first-order valence-corrected chi connectivity index (χ1v) is 11.8. The van der Waals surface area contributed by atoms with E-state index in [2.05, 4.69) is 10.0 Å². The van der Waals surface area contributed by atoms with Crippen LogP contribution in [0.2, 0.25) is 0 Å². The van der Waals surface area contributed by atoms with E-state index in [0.29, 0.717) is 48.3 Å². The van der Waals surface area contributed by atoms with Crippen LogP contribution in [0.3, 0.4) is 0 Å². The molecule has 1 amide bonds. The topological polar surface area (TPSA) is 103 Å². The van der Waals surface area contributed by atoms with Crippen LogP contribution < -0.4 is 19.5 Å². The molecule has 8 nitrogen and oxygen atoms in total. The number of benzene rings is 3. The van der Waals surface area contributed by atoms with E-state index in [-0.39, 0.29) is 10.8 Å². The van der Waals surface area contributed by atoms with Crippen LogP contribution in [-0.4, -0.2) is 41.3 Å². The Morgan fingerprint density at radius 1 is 0.818 bits per heavy atom. The van der Waals surface area contributed by atoms with E-state index in [9.17, 15) is 13.2 Å². The van der Waals surface area contributed by atoms with Gasteiger partial charge in [0.25, 0.3) is 15.9 Å². The number of anilines is 2. The van der Waals surface area contributed by atoms with E-state index < -0.39 is 10.0 Å². The molecule has 0 spiro atoms. The molecule has 3 rings (SSSR count). The number of carbonyl (C=O) groups is 1. The van der Waals surface area contributed by atoms with Gasteiger partial charge in [0, 0.05) is 23.5 Å². The van der Waals surface area contributed by atoms with Gasteiger partial charge in [-0.05, 0) is 79.7 Å². The molecule has 3 aromatic rings. The maximum absolute atomic E-state index is 12.6. The van der Waals surface area contributed by atoms with Crippen molar-refractivity contribution in [3.05, 3.63) is 78.4 Å². The Bertz CT molecular complexity index is 1150. The lowest BCUT2D eigenvalue weighted by molar-refractivity contribution is 0.102. The van der Waals surface area contributed by atoms with Gasteiger partial charge in [0.1, 0.15) is 18.1 Å². The van der Waals surface area contributed by atoms with Gasteiger partial charge in [-0.15, -0.1) is 0 Å². The van der Waals surface area contributed by atoms with Crippen molar-refractivity contribution in [2.24, 2.45) is 0 Å². The van der Waals surface area contributed by atoms with Crippen LogP contribution in [-0.2, 0) is 14.8 Å². The van der Waals surface area contributed by atoms with E-state index in [1.807, 2.05) is 6.92 Å². The predicted octanol–water partition coefficient (Wildman–Crippen LogP) is 4.16. The van der Waals surface area contributed by atoms with Crippen molar-refractivity contribution >= 4 is 27.3 Å². The first kappa shape index (κ1) is 24.1. The lowest BCUT2D eigenvalue weighted by Gasteiger charge is -2.10. The Hall–Kier alpha value is -3.56. The van der Waals surface area contributed by atoms with Gasteiger partial charge in [0.15, 0.2) is 0 Å². The maximum Gasteiger partial charge on any atom is 0.261 e. The second-order valence-electron chi connectivity index (χ2n) is 6.88. The van der Waals surface area contributed by atoms with Crippen molar-refractivity contribution in [3.63, 3.8) is 0 Å². The fourth-order valence-corrected chi connectivity index (χ4v) is 3.92. The van der Waals surface area contributed by atoms with Gasteiger partial charge in [-0.3, -0.25) is 9.52 Å². The summed E-state index contributed by atoms with van der Waals surface area (Å²) in [6.07, 6.45) is 0. The van der Waals surface area contributed by atoms with Crippen LogP contribution >= 0.6 is 0 Å². The number of nitrogens with one attached hydrogen (secondary N) is 2. The summed E-state index contributed by atoms with van der Waals surface area (Å²) in [5.41, 5.74) is 1.34. The highest BCUT2D eigenvalue weighted by Gasteiger charge is 2.15. The lowest BCUT2D eigenvalue weighted by Crippen LogP contribution is -2.14. The van der Waals surface area contributed by atoms with Crippen molar-refractivity contribution in [1.82, 2.24) is 0 Å². The van der Waals surface area contributed by atoms with Gasteiger partial charge >= 0.3 is 0 Å². The van der Waals surface area contributed by atoms with Crippen LogP contribution in [0.4, 0.5) is 11.4 Å². The summed E-state index contributed by atoms with van der Waals surface area (Å²) in [6.45, 7) is 3.48. The number of carbonyl (C=O) groups excluding carboxylic acids is 1. The van der Waals surface area contributed by atoms with Crippen molar-refractivity contribution in [2.75, 3.05) is 37.0 Å². The monoisotopic (exact) mass is 470 g/mol. The number of sulfonamides is 1. The molecule has 0 heterocycles. The van der Waals surface area contributed by atoms with Crippen molar-refractivity contribution in [1.29, 1.82) is 0 Å². The van der Waals surface area contributed by atoms with Crippen molar-refractivity contribution in [2.45, 2.75) is 11.8 Å². The highest BCUT2D eigenvalue weighted by molar-refractivity contribution is 7.92.